The Hall–Kier alpha value is -1.15. The molecule has 2 fully saturated rings. The Kier molecular flexibility index (Phi) is 3.60. The minimum atomic E-state index is 0.730. The molecule has 3 aliphatic rings. The van der Waals surface area contributed by atoms with Gasteiger partial charge in [0.15, 0.2) is 0 Å². The molecule has 1 aliphatic carbocycles. The van der Waals surface area contributed by atoms with Gasteiger partial charge >= 0.3 is 0 Å². The van der Waals surface area contributed by atoms with Crippen LogP contribution in [0.5, 0.6) is 0 Å². The Bertz CT molecular complexity index is 574. The molecule has 1 saturated carbocycles. The fourth-order valence-electron chi connectivity index (χ4n) is 5.44. The second kappa shape index (κ2) is 5.49. The molecule has 22 heavy (non-hydrogen) atoms. The van der Waals surface area contributed by atoms with E-state index in [2.05, 4.69) is 61.0 Å². The summed E-state index contributed by atoms with van der Waals surface area (Å²) in [6, 6.07) is 10.1. The van der Waals surface area contributed by atoms with E-state index in [1.807, 2.05) is 0 Å². The molecule has 2 heteroatoms. The third kappa shape index (κ3) is 2.32. The summed E-state index contributed by atoms with van der Waals surface area (Å²) in [6.45, 7) is 4.72. The van der Waals surface area contributed by atoms with Gasteiger partial charge in [0.25, 0.3) is 0 Å². The summed E-state index contributed by atoms with van der Waals surface area (Å²) in [5.41, 5.74) is 2.94. The van der Waals surface area contributed by atoms with E-state index in [4.69, 9.17) is 0 Å². The number of piperidine rings is 1. The van der Waals surface area contributed by atoms with Crippen LogP contribution in [0.25, 0.3) is 0 Å². The quantitative estimate of drug-likeness (QED) is 0.722. The van der Waals surface area contributed by atoms with Crippen molar-refractivity contribution in [2.24, 2.45) is 17.8 Å². The Morgan fingerprint density at radius 2 is 1.91 bits per heavy atom. The minimum Gasteiger partial charge on any atom is -0.303 e. The fraction of sp³-hybridized carbons (Fsp3) is 0.650. The summed E-state index contributed by atoms with van der Waals surface area (Å²) in [4.78, 5) is 2.65. The summed E-state index contributed by atoms with van der Waals surface area (Å²) in [6.07, 6.45) is 6.73. The van der Waals surface area contributed by atoms with E-state index in [0.29, 0.717) is 0 Å². The first kappa shape index (κ1) is 14.4. The van der Waals surface area contributed by atoms with Crippen LogP contribution < -0.4 is 0 Å². The van der Waals surface area contributed by atoms with Crippen molar-refractivity contribution in [3.8, 4) is 0 Å². The standard InChI is InChI=1S/C20H29N2/c1-14-6-8-15(9-7-14)17-11-20-16(5-4-10-22(20)3)18-12-21(2)13-19(17)18/h6-9,12,16-20H,4-5,10-11,13H2,1-3H3/q+1. The summed E-state index contributed by atoms with van der Waals surface area (Å²) in [5, 5.41) is 0. The van der Waals surface area contributed by atoms with E-state index in [1.54, 1.807) is 5.56 Å². The van der Waals surface area contributed by atoms with E-state index in [1.165, 1.54) is 37.9 Å². The zero-order chi connectivity index (χ0) is 15.3. The SMILES string of the molecule is Cc1ccc(C2CC3C(CCCN3C)C3C=[N+](C)CC23)cc1. The van der Waals surface area contributed by atoms with Gasteiger partial charge in [-0.15, -0.1) is 0 Å². The predicted molar refractivity (Wildman–Crippen MR) is 91.8 cm³/mol. The molecule has 5 atom stereocenters. The minimum absolute atomic E-state index is 0.730. The van der Waals surface area contributed by atoms with E-state index in [-0.39, 0.29) is 0 Å². The largest absolute Gasteiger partial charge is 0.303 e. The highest BCUT2D eigenvalue weighted by atomic mass is 15.1. The Morgan fingerprint density at radius 1 is 1.14 bits per heavy atom. The van der Waals surface area contributed by atoms with Crippen LogP contribution in [0.3, 0.4) is 0 Å². The van der Waals surface area contributed by atoms with Crippen molar-refractivity contribution < 1.29 is 4.58 Å². The molecule has 2 aliphatic heterocycles. The average molecular weight is 297 g/mol. The summed E-state index contributed by atoms with van der Waals surface area (Å²) in [5.74, 6) is 3.22. The van der Waals surface area contributed by atoms with Crippen LogP contribution in [0.2, 0.25) is 0 Å². The zero-order valence-corrected chi connectivity index (χ0v) is 14.2. The predicted octanol–water partition coefficient (Wildman–Crippen LogP) is 3.15. The molecule has 1 aromatic carbocycles. The summed E-state index contributed by atoms with van der Waals surface area (Å²) >= 11 is 0. The molecule has 2 heterocycles. The van der Waals surface area contributed by atoms with Crippen LogP contribution in [0.1, 0.15) is 36.3 Å². The van der Waals surface area contributed by atoms with E-state index in [9.17, 15) is 0 Å². The number of hydrogen-bond donors (Lipinski definition) is 0. The Morgan fingerprint density at radius 3 is 2.68 bits per heavy atom. The summed E-state index contributed by atoms with van der Waals surface area (Å²) in [7, 11) is 4.62. The maximum Gasteiger partial charge on any atom is 0.146 e. The smallest absolute Gasteiger partial charge is 0.146 e. The molecule has 0 aromatic heterocycles. The average Bonchev–Trinajstić information content (AvgIpc) is 2.90. The van der Waals surface area contributed by atoms with Crippen molar-refractivity contribution in [2.45, 2.75) is 38.1 Å². The first-order valence-electron chi connectivity index (χ1n) is 8.95. The lowest BCUT2D eigenvalue weighted by molar-refractivity contribution is -0.490. The fourth-order valence-corrected chi connectivity index (χ4v) is 5.44. The van der Waals surface area contributed by atoms with Crippen molar-refractivity contribution in [3.63, 3.8) is 0 Å². The number of rotatable bonds is 1. The normalized spacial score (nSPS) is 38.3. The van der Waals surface area contributed by atoms with Crippen molar-refractivity contribution in [1.29, 1.82) is 0 Å². The van der Waals surface area contributed by atoms with Crippen LogP contribution >= 0.6 is 0 Å². The Labute approximate surface area is 134 Å². The highest BCUT2D eigenvalue weighted by Gasteiger charge is 2.51. The maximum absolute atomic E-state index is 2.65. The number of aryl methyl sites for hydroxylation is 1. The van der Waals surface area contributed by atoms with Crippen molar-refractivity contribution in [3.05, 3.63) is 35.4 Å². The van der Waals surface area contributed by atoms with Crippen LogP contribution in [-0.2, 0) is 0 Å². The van der Waals surface area contributed by atoms with Gasteiger partial charge in [-0.1, -0.05) is 29.8 Å². The molecule has 5 unspecified atom stereocenters. The summed E-state index contributed by atoms with van der Waals surface area (Å²) < 4.78 is 2.47. The van der Waals surface area contributed by atoms with Crippen LogP contribution in [0, 0.1) is 24.7 Å². The first-order valence-corrected chi connectivity index (χ1v) is 8.95. The van der Waals surface area contributed by atoms with Gasteiger partial charge in [-0.05, 0) is 57.2 Å². The van der Waals surface area contributed by atoms with Crippen LogP contribution in [0.15, 0.2) is 24.3 Å². The number of hydrogen-bond acceptors (Lipinski definition) is 1. The molecule has 4 rings (SSSR count). The number of fused-ring (bicyclic) bond motifs is 3. The molecule has 0 amide bonds. The Balaban J connectivity index is 1.69. The van der Waals surface area contributed by atoms with Crippen LogP contribution in [0.4, 0.5) is 0 Å². The number of nitrogens with zero attached hydrogens (tertiary/aromatic N) is 2. The van der Waals surface area contributed by atoms with E-state index in [0.717, 1.165) is 29.7 Å². The molecule has 0 radical (unpaired) electrons. The lowest BCUT2D eigenvalue weighted by atomic mass is 9.61. The lowest BCUT2D eigenvalue weighted by Crippen LogP contribution is -2.52. The molecule has 118 valence electrons. The molecule has 1 aromatic rings. The number of benzene rings is 1. The molecule has 2 nitrogen and oxygen atoms in total. The highest BCUT2D eigenvalue weighted by molar-refractivity contribution is 5.59. The van der Waals surface area contributed by atoms with Crippen LogP contribution in [-0.4, -0.2) is 48.9 Å². The van der Waals surface area contributed by atoms with Gasteiger partial charge in [-0.3, -0.25) is 0 Å². The third-order valence-electron chi connectivity index (χ3n) is 6.54. The van der Waals surface area contributed by atoms with Crippen molar-refractivity contribution >= 4 is 6.21 Å². The van der Waals surface area contributed by atoms with Gasteiger partial charge in [0, 0.05) is 17.9 Å². The van der Waals surface area contributed by atoms with Crippen molar-refractivity contribution in [2.75, 3.05) is 27.2 Å². The lowest BCUT2D eigenvalue weighted by Gasteiger charge is -2.49. The number of likely N-dealkylation sites (tertiary alicyclic amines) is 1. The monoisotopic (exact) mass is 297 g/mol. The first-order chi connectivity index (χ1) is 10.6. The van der Waals surface area contributed by atoms with Gasteiger partial charge in [-0.2, -0.15) is 0 Å². The van der Waals surface area contributed by atoms with Gasteiger partial charge < -0.3 is 4.90 Å². The maximum atomic E-state index is 2.65. The van der Waals surface area contributed by atoms with Gasteiger partial charge in [0.05, 0.1) is 0 Å². The molecular weight excluding hydrogens is 268 g/mol. The second-order valence-corrected chi connectivity index (χ2v) is 7.94. The van der Waals surface area contributed by atoms with Gasteiger partial charge in [0.2, 0.25) is 0 Å². The van der Waals surface area contributed by atoms with Gasteiger partial charge in [-0.25, -0.2) is 4.58 Å². The van der Waals surface area contributed by atoms with E-state index < -0.39 is 0 Å². The second-order valence-electron chi connectivity index (χ2n) is 7.94. The highest BCUT2D eigenvalue weighted by Crippen LogP contribution is 2.49. The molecule has 1 saturated heterocycles. The molecule has 0 bridgehead atoms. The zero-order valence-electron chi connectivity index (χ0n) is 14.2. The van der Waals surface area contributed by atoms with Crippen molar-refractivity contribution in [1.82, 2.24) is 4.90 Å². The molecule has 0 N–H and O–H groups in total. The molecule has 0 spiro atoms. The third-order valence-corrected chi connectivity index (χ3v) is 6.54. The topological polar surface area (TPSA) is 6.25 Å². The molecular formula is C20H29N2+. The van der Waals surface area contributed by atoms with Gasteiger partial charge in [0.1, 0.15) is 19.8 Å². The van der Waals surface area contributed by atoms with E-state index >= 15 is 0 Å².